The topological polar surface area (TPSA) is 47.3 Å². The van der Waals surface area contributed by atoms with Gasteiger partial charge < -0.3 is 4.74 Å². The Hall–Kier alpha value is -1.06. The monoisotopic (exact) mass is 274 g/mol. The van der Waals surface area contributed by atoms with Crippen LogP contribution >= 0.6 is 0 Å². The summed E-state index contributed by atoms with van der Waals surface area (Å²) < 4.78 is 5.50. The molecule has 1 aromatic rings. The van der Waals surface area contributed by atoms with Gasteiger partial charge >= 0.3 is 0 Å². The predicted molar refractivity (Wildman–Crippen MR) is 81.5 cm³/mol. The van der Waals surface area contributed by atoms with E-state index in [0.29, 0.717) is 6.04 Å². The second-order valence-corrected chi connectivity index (χ2v) is 6.48. The fourth-order valence-electron chi connectivity index (χ4n) is 4.25. The van der Waals surface area contributed by atoms with Crippen molar-refractivity contribution in [2.24, 2.45) is 23.6 Å². The summed E-state index contributed by atoms with van der Waals surface area (Å²) in [5.74, 6) is 9.45. The number of benzene rings is 1. The van der Waals surface area contributed by atoms with Gasteiger partial charge in [-0.2, -0.15) is 0 Å². The summed E-state index contributed by atoms with van der Waals surface area (Å²) in [6.45, 7) is 2.13. The van der Waals surface area contributed by atoms with Gasteiger partial charge in [-0.05, 0) is 55.6 Å². The van der Waals surface area contributed by atoms with Gasteiger partial charge in [0.2, 0.25) is 0 Å². The van der Waals surface area contributed by atoms with Crippen LogP contribution in [-0.4, -0.2) is 13.2 Å². The van der Waals surface area contributed by atoms with Crippen molar-refractivity contribution in [3.05, 3.63) is 29.3 Å². The average Bonchev–Trinajstić information content (AvgIpc) is 3.19. The SMILES string of the molecule is COc1ccc(C)cc1CC(NN)C1C2CCCCC21. The molecule has 3 nitrogen and oxygen atoms in total. The Balaban J connectivity index is 1.73. The minimum atomic E-state index is 0.388. The number of nitrogens with one attached hydrogen (secondary N) is 1. The van der Waals surface area contributed by atoms with Gasteiger partial charge in [-0.15, -0.1) is 0 Å². The van der Waals surface area contributed by atoms with Crippen molar-refractivity contribution in [1.82, 2.24) is 5.43 Å². The van der Waals surface area contributed by atoms with Gasteiger partial charge in [-0.1, -0.05) is 30.5 Å². The Kier molecular flexibility index (Phi) is 3.99. The first-order valence-electron chi connectivity index (χ1n) is 7.84. The standard InChI is InChI=1S/C17H26N2O/c1-11-7-8-16(20-2)12(9-11)10-15(19-18)17-13-5-3-4-6-14(13)17/h7-9,13-15,17,19H,3-6,10,18H2,1-2H3. The molecule has 0 spiro atoms. The zero-order valence-corrected chi connectivity index (χ0v) is 12.6. The molecule has 20 heavy (non-hydrogen) atoms. The van der Waals surface area contributed by atoms with E-state index >= 15 is 0 Å². The van der Waals surface area contributed by atoms with Gasteiger partial charge in [-0.25, -0.2) is 0 Å². The summed E-state index contributed by atoms with van der Waals surface area (Å²) in [6.07, 6.45) is 6.58. The Morgan fingerprint density at radius 3 is 2.60 bits per heavy atom. The van der Waals surface area contributed by atoms with Crippen LogP contribution in [-0.2, 0) is 6.42 Å². The van der Waals surface area contributed by atoms with Gasteiger partial charge in [0, 0.05) is 6.04 Å². The lowest BCUT2D eigenvalue weighted by molar-refractivity contribution is 0.395. The maximum Gasteiger partial charge on any atom is 0.122 e. The van der Waals surface area contributed by atoms with Gasteiger partial charge in [-0.3, -0.25) is 11.3 Å². The van der Waals surface area contributed by atoms with Crippen molar-refractivity contribution in [3.63, 3.8) is 0 Å². The summed E-state index contributed by atoms with van der Waals surface area (Å²) in [4.78, 5) is 0. The Morgan fingerprint density at radius 1 is 1.30 bits per heavy atom. The first-order valence-corrected chi connectivity index (χ1v) is 7.84. The number of hydrogen-bond donors (Lipinski definition) is 2. The van der Waals surface area contributed by atoms with Gasteiger partial charge in [0.05, 0.1) is 7.11 Å². The van der Waals surface area contributed by atoms with Crippen LogP contribution in [0.3, 0.4) is 0 Å². The van der Waals surface area contributed by atoms with E-state index in [1.807, 2.05) is 0 Å². The van der Waals surface area contributed by atoms with Crippen molar-refractivity contribution in [2.75, 3.05) is 7.11 Å². The fraction of sp³-hybridized carbons (Fsp3) is 0.647. The van der Waals surface area contributed by atoms with E-state index in [4.69, 9.17) is 10.6 Å². The third-order valence-electron chi connectivity index (χ3n) is 5.28. The normalized spacial score (nSPS) is 29.6. The molecular formula is C17H26N2O. The molecule has 0 aliphatic heterocycles. The minimum Gasteiger partial charge on any atom is -0.496 e. The smallest absolute Gasteiger partial charge is 0.122 e. The molecule has 0 heterocycles. The van der Waals surface area contributed by atoms with Gasteiger partial charge in [0.1, 0.15) is 5.75 Å². The highest BCUT2D eigenvalue weighted by atomic mass is 16.5. The van der Waals surface area contributed by atoms with Gasteiger partial charge in [0.25, 0.3) is 0 Å². The molecule has 0 bridgehead atoms. The van der Waals surface area contributed by atoms with Crippen LogP contribution in [0.2, 0.25) is 0 Å². The number of fused-ring (bicyclic) bond motifs is 1. The number of ether oxygens (including phenoxy) is 1. The molecule has 3 heteroatoms. The van der Waals surface area contributed by atoms with E-state index in [1.54, 1.807) is 7.11 Å². The largest absolute Gasteiger partial charge is 0.496 e. The zero-order chi connectivity index (χ0) is 14.1. The van der Waals surface area contributed by atoms with E-state index in [2.05, 4.69) is 30.5 Å². The summed E-state index contributed by atoms with van der Waals surface area (Å²) in [5, 5.41) is 0. The summed E-state index contributed by atoms with van der Waals surface area (Å²) in [7, 11) is 1.75. The molecule has 0 radical (unpaired) electrons. The van der Waals surface area contributed by atoms with E-state index in [1.165, 1.54) is 36.8 Å². The van der Waals surface area contributed by atoms with Crippen LogP contribution in [0.4, 0.5) is 0 Å². The minimum absolute atomic E-state index is 0.388. The highest BCUT2D eigenvalue weighted by Crippen LogP contribution is 2.57. The van der Waals surface area contributed by atoms with Crippen LogP contribution in [0.5, 0.6) is 5.75 Å². The maximum absolute atomic E-state index is 5.85. The Morgan fingerprint density at radius 2 is 2.00 bits per heavy atom. The third kappa shape index (κ3) is 2.57. The number of hydrazine groups is 1. The molecule has 0 amide bonds. The van der Waals surface area contributed by atoms with Gasteiger partial charge in [0.15, 0.2) is 0 Å². The molecule has 3 rings (SSSR count). The lowest BCUT2D eigenvalue weighted by atomic mass is 9.98. The van der Waals surface area contributed by atoms with E-state index in [9.17, 15) is 0 Å². The summed E-state index contributed by atoms with van der Waals surface area (Å²) >= 11 is 0. The van der Waals surface area contributed by atoms with Crippen LogP contribution in [0.1, 0.15) is 36.8 Å². The average molecular weight is 274 g/mol. The zero-order valence-electron chi connectivity index (χ0n) is 12.6. The second kappa shape index (κ2) is 5.74. The lowest BCUT2D eigenvalue weighted by Gasteiger charge is -2.18. The molecular weight excluding hydrogens is 248 g/mol. The summed E-state index contributed by atoms with van der Waals surface area (Å²) in [5.41, 5.74) is 5.64. The number of hydrogen-bond acceptors (Lipinski definition) is 3. The van der Waals surface area contributed by atoms with Crippen LogP contribution < -0.4 is 16.0 Å². The molecule has 2 aliphatic carbocycles. The number of nitrogens with two attached hydrogens (primary N) is 1. The first-order chi connectivity index (χ1) is 9.74. The number of rotatable bonds is 5. The first kappa shape index (κ1) is 13.9. The Labute approximate surface area is 121 Å². The molecule has 3 unspecified atom stereocenters. The van der Waals surface area contributed by atoms with Crippen molar-refractivity contribution < 1.29 is 4.74 Å². The highest BCUT2D eigenvalue weighted by molar-refractivity contribution is 5.37. The molecule has 110 valence electrons. The van der Waals surface area contributed by atoms with E-state index in [0.717, 1.165) is 29.9 Å². The molecule has 0 saturated heterocycles. The highest BCUT2D eigenvalue weighted by Gasteiger charge is 2.53. The molecule has 2 fully saturated rings. The van der Waals surface area contributed by atoms with Crippen LogP contribution in [0.15, 0.2) is 18.2 Å². The van der Waals surface area contributed by atoms with Crippen molar-refractivity contribution in [1.29, 1.82) is 0 Å². The molecule has 3 N–H and O–H groups in total. The predicted octanol–water partition coefficient (Wildman–Crippen LogP) is 2.81. The van der Waals surface area contributed by atoms with Crippen molar-refractivity contribution >= 4 is 0 Å². The van der Waals surface area contributed by atoms with Crippen LogP contribution in [0, 0.1) is 24.7 Å². The quantitative estimate of drug-likeness (QED) is 0.641. The van der Waals surface area contributed by atoms with E-state index < -0.39 is 0 Å². The number of methoxy groups -OCH3 is 1. The second-order valence-electron chi connectivity index (χ2n) is 6.48. The molecule has 0 aromatic heterocycles. The van der Waals surface area contributed by atoms with Crippen molar-refractivity contribution in [2.45, 2.75) is 45.1 Å². The molecule has 1 aromatic carbocycles. The third-order valence-corrected chi connectivity index (χ3v) is 5.28. The number of aryl methyl sites for hydroxylation is 1. The molecule has 2 saturated carbocycles. The molecule has 3 atom stereocenters. The maximum atomic E-state index is 5.85. The summed E-state index contributed by atoms with van der Waals surface area (Å²) in [6, 6.07) is 6.79. The lowest BCUT2D eigenvalue weighted by Crippen LogP contribution is -2.39. The van der Waals surface area contributed by atoms with Crippen LogP contribution in [0.25, 0.3) is 0 Å². The fourth-order valence-corrected chi connectivity index (χ4v) is 4.25. The molecule has 2 aliphatic rings. The van der Waals surface area contributed by atoms with E-state index in [-0.39, 0.29) is 0 Å². The Bertz CT molecular complexity index is 462. The van der Waals surface area contributed by atoms with Crippen molar-refractivity contribution in [3.8, 4) is 5.75 Å².